The number of allylic oxidation sites excluding steroid dienone is 1. The van der Waals surface area contributed by atoms with Crippen molar-refractivity contribution in [3.63, 3.8) is 0 Å². The summed E-state index contributed by atoms with van der Waals surface area (Å²) in [7, 11) is 1.72. The Kier molecular flexibility index (Phi) is 5.86. The smallest absolute Gasteiger partial charge is 0.300 e. The molecule has 2 amide bonds. The summed E-state index contributed by atoms with van der Waals surface area (Å²) in [5, 5.41) is 3.25. The molecule has 0 N–H and O–H groups in total. The van der Waals surface area contributed by atoms with Crippen LogP contribution in [0.1, 0.15) is 39.5 Å². The standard InChI is InChI=1S/C21H30N2O4S/c1-4-28-21(25)22(12-14-9-10-15(26-3)11-13(14)2)23-19(24)17-8-6-5-7-16(17)18-20(23)27-18/h7,9-10,13-15,17-18,20H,4-6,8,11-12H2,1-3H3. The first-order chi connectivity index (χ1) is 13.5. The summed E-state index contributed by atoms with van der Waals surface area (Å²) >= 11 is 1.25. The van der Waals surface area contributed by atoms with Gasteiger partial charge in [-0.3, -0.25) is 9.59 Å². The number of carbonyl (C=O) groups excluding carboxylic acids is 2. The lowest BCUT2D eigenvalue weighted by molar-refractivity contribution is -0.154. The van der Waals surface area contributed by atoms with Gasteiger partial charge in [0, 0.05) is 7.11 Å². The second-order valence-electron chi connectivity index (χ2n) is 8.13. The molecule has 0 aromatic heterocycles. The van der Waals surface area contributed by atoms with E-state index < -0.39 is 0 Å². The lowest BCUT2D eigenvalue weighted by atomic mass is 9.82. The van der Waals surface area contributed by atoms with Crippen molar-refractivity contribution < 1.29 is 19.1 Å². The van der Waals surface area contributed by atoms with Gasteiger partial charge in [0.15, 0.2) is 6.23 Å². The van der Waals surface area contributed by atoms with Crippen LogP contribution in [0.4, 0.5) is 4.79 Å². The molecule has 6 unspecified atom stereocenters. The third-order valence-electron chi connectivity index (χ3n) is 6.37. The Morgan fingerprint density at radius 2 is 2.25 bits per heavy atom. The minimum Gasteiger partial charge on any atom is -0.377 e. The lowest BCUT2D eigenvalue weighted by Crippen LogP contribution is -2.57. The molecule has 6 atom stereocenters. The number of amides is 2. The van der Waals surface area contributed by atoms with Gasteiger partial charge in [0.2, 0.25) is 0 Å². The summed E-state index contributed by atoms with van der Waals surface area (Å²) in [6.45, 7) is 4.65. The van der Waals surface area contributed by atoms with Crippen molar-refractivity contribution >= 4 is 22.9 Å². The van der Waals surface area contributed by atoms with Crippen LogP contribution in [0.2, 0.25) is 0 Å². The van der Waals surface area contributed by atoms with Crippen LogP contribution in [0.3, 0.4) is 0 Å². The molecular weight excluding hydrogens is 376 g/mol. The molecule has 7 heteroatoms. The molecule has 2 heterocycles. The quantitative estimate of drug-likeness (QED) is 0.516. The molecule has 28 heavy (non-hydrogen) atoms. The number of rotatable bonds is 5. The second kappa shape index (κ2) is 8.20. The van der Waals surface area contributed by atoms with E-state index in [-0.39, 0.29) is 41.4 Å². The van der Waals surface area contributed by atoms with Crippen LogP contribution in [0, 0.1) is 17.8 Å². The van der Waals surface area contributed by atoms with E-state index in [1.807, 2.05) is 6.92 Å². The zero-order chi connectivity index (χ0) is 19.8. The first-order valence-electron chi connectivity index (χ1n) is 10.4. The van der Waals surface area contributed by atoms with Gasteiger partial charge in [-0.25, -0.2) is 10.0 Å². The normalized spacial score (nSPS) is 36.5. The molecule has 0 radical (unpaired) electrons. The van der Waals surface area contributed by atoms with E-state index in [4.69, 9.17) is 9.47 Å². The zero-order valence-corrected chi connectivity index (χ0v) is 17.7. The van der Waals surface area contributed by atoms with Gasteiger partial charge in [0.05, 0.1) is 18.6 Å². The molecule has 0 spiro atoms. The molecule has 0 aromatic rings. The van der Waals surface area contributed by atoms with Gasteiger partial charge in [-0.15, -0.1) is 0 Å². The number of piperidine rings is 1. The number of hydrogen-bond donors (Lipinski definition) is 0. The maximum absolute atomic E-state index is 13.3. The highest BCUT2D eigenvalue weighted by atomic mass is 32.2. The number of epoxide rings is 1. The summed E-state index contributed by atoms with van der Waals surface area (Å²) < 4.78 is 11.3. The Bertz CT molecular complexity index is 694. The first-order valence-corrected chi connectivity index (χ1v) is 11.4. The summed E-state index contributed by atoms with van der Waals surface area (Å²) in [4.78, 5) is 26.3. The van der Waals surface area contributed by atoms with Crippen molar-refractivity contribution in [3.05, 3.63) is 23.8 Å². The molecule has 0 bridgehead atoms. The average molecular weight is 407 g/mol. The van der Waals surface area contributed by atoms with Crippen LogP contribution in [-0.2, 0) is 14.3 Å². The third-order valence-corrected chi connectivity index (χ3v) is 7.12. The number of hydrazine groups is 1. The SMILES string of the molecule is CCSC(=O)N(CC1C=CC(OC)CC1C)N1C(=O)C2CCCC=C2C2OC21. The van der Waals surface area contributed by atoms with Crippen LogP contribution in [0.15, 0.2) is 23.8 Å². The molecule has 2 fully saturated rings. The highest BCUT2D eigenvalue weighted by molar-refractivity contribution is 8.13. The van der Waals surface area contributed by atoms with Gasteiger partial charge in [-0.1, -0.05) is 43.8 Å². The van der Waals surface area contributed by atoms with Crippen molar-refractivity contribution in [2.75, 3.05) is 19.4 Å². The number of thioether (sulfide) groups is 1. The van der Waals surface area contributed by atoms with E-state index in [2.05, 4.69) is 25.2 Å². The fraction of sp³-hybridized carbons (Fsp3) is 0.714. The minimum atomic E-state index is -0.316. The molecule has 4 aliphatic rings. The zero-order valence-electron chi connectivity index (χ0n) is 16.9. The summed E-state index contributed by atoms with van der Waals surface area (Å²) in [6, 6.07) is 0. The molecule has 0 saturated carbocycles. The van der Waals surface area contributed by atoms with E-state index in [0.29, 0.717) is 18.2 Å². The maximum Gasteiger partial charge on any atom is 0.300 e. The highest BCUT2D eigenvalue weighted by Crippen LogP contribution is 2.47. The van der Waals surface area contributed by atoms with Crippen LogP contribution >= 0.6 is 11.8 Å². The predicted octanol–water partition coefficient (Wildman–Crippen LogP) is 3.60. The fourth-order valence-corrected chi connectivity index (χ4v) is 5.25. The molecular formula is C21H30N2O4S. The molecule has 6 nitrogen and oxygen atoms in total. The Labute approximate surface area is 171 Å². The fourth-order valence-electron chi connectivity index (χ4n) is 4.70. The Hall–Kier alpha value is -1.31. The van der Waals surface area contributed by atoms with Crippen LogP contribution in [0.5, 0.6) is 0 Å². The Morgan fingerprint density at radius 3 is 2.96 bits per heavy atom. The molecule has 2 aliphatic heterocycles. The number of hydrogen-bond acceptors (Lipinski definition) is 5. The van der Waals surface area contributed by atoms with E-state index in [0.717, 1.165) is 31.3 Å². The van der Waals surface area contributed by atoms with Gasteiger partial charge in [0.25, 0.3) is 11.1 Å². The van der Waals surface area contributed by atoms with Crippen molar-refractivity contribution in [1.82, 2.24) is 10.0 Å². The number of ether oxygens (including phenoxy) is 2. The second-order valence-corrected chi connectivity index (χ2v) is 9.35. The Balaban J connectivity index is 1.57. The molecule has 2 aliphatic carbocycles. The van der Waals surface area contributed by atoms with E-state index in [1.54, 1.807) is 17.1 Å². The number of carbonyl (C=O) groups is 2. The van der Waals surface area contributed by atoms with E-state index in [1.165, 1.54) is 11.8 Å². The topological polar surface area (TPSA) is 62.4 Å². The summed E-state index contributed by atoms with van der Waals surface area (Å²) in [5.74, 6) is 1.15. The monoisotopic (exact) mass is 406 g/mol. The lowest BCUT2D eigenvalue weighted by Gasteiger charge is -2.41. The third kappa shape index (κ3) is 3.64. The molecule has 4 rings (SSSR count). The van der Waals surface area contributed by atoms with Crippen LogP contribution < -0.4 is 0 Å². The first kappa shape index (κ1) is 20.0. The highest BCUT2D eigenvalue weighted by Gasteiger charge is 2.59. The van der Waals surface area contributed by atoms with Gasteiger partial charge in [-0.05, 0) is 48.8 Å². The molecule has 2 saturated heterocycles. The summed E-state index contributed by atoms with van der Waals surface area (Å²) in [6.07, 6.45) is 10.0. The number of methoxy groups -OCH3 is 1. The van der Waals surface area contributed by atoms with Gasteiger partial charge >= 0.3 is 0 Å². The number of nitrogens with zero attached hydrogens (tertiary/aromatic N) is 2. The van der Waals surface area contributed by atoms with Gasteiger partial charge < -0.3 is 9.47 Å². The van der Waals surface area contributed by atoms with Crippen LogP contribution in [0.25, 0.3) is 0 Å². The van der Waals surface area contributed by atoms with E-state index >= 15 is 0 Å². The van der Waals surface area contributed by atoms with Crippen LogP contribution in [-0.4, -0.2) is 59.0 Å². The van der Waals surface area contributed by atoms with Crippen molar-refractivity contribution in [3.8, 4) is 0 Å². The van der Waals surface area contributed by atoms with Gasteiger partial charge in [0.1, 0.15) is 6.10 Å². The van der Waals surface area contributed by atoms with Crippen molar-refractivity contribution in [2.24, 2.45) is 17.8 Å². The molecule has 154 valence electrons. The average Bonchev–Trinajstić information content (AvgIpc) is 3.49. The minimum absolute atomic E-state index is 0.0250. The van der Waals surface area contributed by atoms with Gasteiger partial charge in [-0.2, -0.15) is 0 Å². The van der Waals surface area contributed by atoms with Crippen molar-refractivity contribution in [1.29, 1.82) is 0 Å². The maximum atomic E-state index is 13.3. The number of fused-ring (bicyclic) bond motifs is 3. The predicted molar refractivity (Wildman–Crippen MR) is 108 cm³/mol. The van der Waals surface area contributed by atoms with Crippen molar-refractivity contribution in [2.45, 2.75) is 58.0 Å². The molecule has 0 aromatic carbocycles. The summed E-state index contributed by atoms with van der Waals surface area (Å²) in [5.41, 5.74) is 1.14. The Morgan fingerprint density at radius 1 is 1.43 bits per heavy atom. The largest absolute Gasteiger partial charge is 0.377 e. The van der Waals surface area contributed by atoms with E-state index in [9.17, 15) is 9.59 Å².